The summed E-state index contributed by atoms with van der Waals surface area (Å²) in [5, 5.41) is 8.98. The Balaban J connectivity index is 1.59. The Hall–Kier alpha value is -3.82. The number of nitrogens with two attached hydrogens (primary N) is 1. The van der Waals surface area contributed by atoms with E-state index in [1.165, 1.54) is 6.26 Å². The highest BCUT2D eigenvalue weighted by molar-refractivity contribution is 6.00. The molecule has 0 saturated carbocycles. The number of furan rings is 1. The van der Waals surface area contributed by atoms with Crippen LogP contribution in [0, 0.1) is 0 Å². The number of anilines is 4. The lowest BCUT2D eigenvalue weighted by Gasteiger charge is -2.31. The summed E-state index contributed by atoms with van der Waals surface area (Å²) in [6.45, 7) is 3.73. The first-order valence-electron chi connectivity index (χ1n) is 9.01. The van der Waals surface area contributed by atoms with Gasteiger partial charge in [-0.25, -0.2) is 4.98 Å². The fourth-order valence-corrected chi connectivity index (χ4v) is 2.86. The highest BCUT2D eigenvalue weighted by Gasteiger charge is 2.35. The number of hydrogen-bond donors (Lipinski definition) is 4. The molecule has 4 rings (SSSR count). The van der Waals surface area contributed by atoms with Crippen LogP contribution in [0.2, 0.25) is 0 Å². The molecule has 150 valence electrons. The molecule has 0 atom stereocenters. The van der Waals surface area contributed by atoms with Crippen LogP contribution in [-0.2, 0) is 9.59 Å². The van der Waals surface area contributed by atoms with Gasteiger partial charge in [0.05, 0.1) is 12.0 Å². The summed E-state index contributed by atoms with van der Waals surface area (Å²) in [6, 6.07) is 7.02. The highest BCUT2D eigenvalue weighted by Crippen LogP contribution is 2.36. The van der Waals surface area contributed by atoms with Crippen LogP contribution in [0.5, 0.6) is 5.75 Å². The number of ether oxygens (including phenoxy) is 1. The number of benzene rings is 1. The van der Waals surface area contributed by atoms with Crippen LogP contribution in [0.1, 0.15) is 20.3 Å². The molecule has 29 heavy (non-hydrogen) atoms. The zero-order valence-electron chi connectivity index (χ0n) is 15.9. The third-order valence-electron chi connectivity index (χ3n) is 4.36. The number of aromatic nitrogens is 2. The Morgan fingerprint density at radius 1 is 1.28 bits per heavy atom. The molecule has 1 aliphatic heterocycles. The van der Waals surface area contributed by atoms with E-state index in [1.807, 2.05) is 0 Å². The van der Waals surface area contributed by atoms with E-state index in [0.717, 1.165) is 0 Å². The van der Waals surface area contributed by atoms with Gasteiger partial charge in [0.25, 0.3) is 5.91 Å². The van der Waals surface area contributed by atoms with E-state index < -0.39 is 11.5 Å². The second kappa shape index (κ2) is 6.97. The van der Waals surface area contributed by atoms with Gasteiger partial charge in [0.1, 0.15) is 11.3 Å². The molecule has 1 aliphatic rings. The van der Waals surface area contributed by atoms with Gasteiger partial charge < -0.3 is 30.8 Å². The minimum Gasteiger partial charge on any atom is -0.476 e. The average Bonchev–Trinajstić information content (AvgIpc) is 3.11. The predicted octanol–water partition coefficient (Wildman–Crippen LogP) is 2.36. The molecular weight excluding hydrogens is 376 g/mol. The van der Waals surface area contributed by atoms with Crippen LogP contribution < -0.4 is 26.4 Å². The third kappa shape index (κ3) is 3.77. The van der Waals surface area contributed by atoms with Crippen molar-refractivity contribution in [3.05, 3.63) is 30.5 Å². The molecule has 0 bridgehead atoms. The van der Waals surface area contributed by atoms with Crippen molar-refractivity contribution in [2.75, 3.05) is 22.5 Å². The number of nitrogens with zero attached hydrogens (tertiary/aromatic N) is 2. The van der Waals surface area contributed by atoms with E-state index in [0.29, 0.717) is 46.5 Å². The Kier molecular flexibility index (Phi) is 4.45. The van der Waals surface area contributed by atoms with Crippen LogP contribution in [0.15, 0.2) is 34.9 Å². The van der Waals surface area contributed by atoms with Crippen molar-refractivity contribution in [3.8, 4) is 5.75 Å². The lowest BCUT2D eigenvalue weighted by Crippen LogP contribution is -2.45. The van der Waals surface area contributed by atoms with Gasteiger partial charge in [-0.1, -0.05) is 0 Å². The first kappa shape index (κ1) is 18.5. The summed E-state index contributed by atoms with van der Waals surface area (Å²) in [5.41, 5.74) is 6.55. The van der Waals surface area contributed by atoms with Crippen LogP contribution in [0.4, 0.5) is 23.1 Å². The first-order chi connectivity index (χ1) is 13.8. The molecule has 0 radical (unpaired) electrons. The number of rotatable bonds is 6. The maximum absolute atomic E-state index is 12.1. The molecule has 5 N–H and O–H groups in total. The van der Waals surface area contributed by atoms with Crippen LogP contribution in [0.25, 0.3) is 11.1 Å². The van der Waals surface area contributed by atoms with Gasteiger partial charge in [0, 0.05) is 24.7 Å². The van der Waals surface area contributed by atoms with E-state index in [9.17, 15) is 9.59 Å². The quantitative estimate of drug-likeness (QED) is 0.497. The zero-order valence-corrected chi connectivity index (χ0v) is 15.9. The van der Waals surface area contributed by atoms with Gasteiger partial charge in [-0.05, 0) is 32.0 Å². The fourth-order valence-electron chi connectivity index (χ4n) is 2.86. The Labute approximate surface area is 165 Å². The smallest absolute Gasteiger partial charge is 0.268 e. The van der Waals surface area contributed by atoms with Crippen molar-refractivity contribution in [1.29, 1.82) is 0 Å². The fraction of sp³-hybridized carbons (Fsp3) is 0.263. The molecule has 2 aromatic heterocycles. The van der Waals surface area contributed by atoms with Crippen molar-refractivity contribution in [3.63, 3.8) is 0 Å². The van der Waals surface area contributed by atoms with Crippen molar-refractivity contribution in [2.45, 2.75) is 25.9 Å². The summed E-state index contributed by atoms with van der Waals surface area (Å²) >= 11 is 0. The number of carbonyl (C=O) groups excluding carboxylic acids is 2. The summed E-state index contributed by atoms with van der Waals surface area (Å²) in [5.74, 6) is 0.713. The maximum Gasteiger partial charge on any atom is 0.268 e. The second-order valence-corrected chi connectivity index (χ2v) is 7.08. The average molecular weight is 396 g/mol. The van der Waals surface area contributed by atoms with Crippen molar-refractivity contribution >= 4 is 46.1 Å². The summed E-state index contributed by atoms with van der Waals surface area (Å²) in [6.07, 6.45) is 1.67. The van der Waals surface area contributed by atoms with Crippen molar-refractivity contribution < 1.29 is 18.7 Å². The molecule has 3 heterocycles. The largest absolute Gasteiger partial charge is 0.476 e. The summed E-state index contributed by atoms with van der Waals surface area (Å²) in [4.78, 5) is 31.9. The Bertz CT molecular complexity index is 1110. The van der Waals surface area contributed by atoms with Gasteiger partial charge >= 0.3 is 0 Å². The Morgan fingerprint density at radius 2 is 2.10 bits per heavy atom. The van der Waals surface area contributed by atoms with Crippen LogP contribution in [-0.4, -0.2) is 33.9 Å². The number of hydrogen-bond acceptors (Lipinski definition) is 8. The minimum absolute atomic E-state index is 0.163. The van der Waals surface area contributed by atoms with E-state index >= 15 is 0 Å². The second-order valence-electron chi connectivity index (χ2n) is 7.08. The molecule has 3 aromatic rings. The molecule has 10 nitrogen and oxygen atoms in total. The molecule has 0 unspecified atom stereocenters. The zero-order chi connectivity index (χ0) is 20.6. The molecule has 0 aliphatic carbocycles. The van der Waals surface area contributed by atoms with Crippen LogP contribution in [0.3, 0.4) is 0 Å². The molecule has 0 saturated heterocycles. The van der Waals surface area contributed by atoms with Gasteiger partial charge in [-0.2, -0.15) is 4.98 Å². The van der Waals surface area contributed by atoms with E-state index in [4.69, 9.17) is 14.9 Å². The summed E-state index contributed by atoms with van der Waals surface area (Å²) in [7, 11) is 0. The van der Waals surface area contributed by atoms with E-state index in [-0.39, 0.29) is 12.3 Å². The predicted molar refractivity (Wildman–Crippen MR) is 107 cm³/mol. The third-order valence-corrected chi connectivity index (χ3v) is 4.36. The topological polar surface area (TPSA) is 144 Å². The monoisotopic (exact) mass is 396 g/mol. The number of nitrogens with one attached hydrogen (secondary N) is 3. The maximum atomic E-state index is 12.1. The van der Waals surface area contributed by atoms with Crippen LogP contribution >= 0.6 is 0 Å². The van der Waals surface area contributed by atoms with Gasteiger partial charge in [-0.15, -0.1) is 0 Å². The molecule has 0 fully saturated rings. The SMILES string of the molecule is CC1(C)Oc2ccc(Nc3nc(NCCC(N)=O)c4occc4n3)cc2NC1=O. The van der Waals surface area contributed by atoms with Gasteiger partial charge in [0.2, 0.25) is 11.9 Å². The van der Waals surface area contributed by atoms with E-state index in [1.54, 1.807) is 38.1 Å². The first-order valence-corrected chi connectivity index (χ1v) is 9.01. The van der Waals surface area contributed by atoms with Gasteiger partial charge in [-0.3, -0.25) is 9.59 Å². The molecular formula is C19H20N6O4. The normalized spacial score (nSPS) is 14.6. The minimum atomic E-state index is -0.928. The standard InChI is InChI=1S/C19H20N6O4/c1-19(2)17(27)23-12-9-10(3-4-13(12)29-19)22-18-24-11-6-8-28-15(11)16(25-18)21-7-5-14(20)26/h3-4,6,8-9H,5,7H2,1-2H3,(H2,20,26)(H,23,27)(H2,21,22,24,25). The Morgan fingerprint density at radius 3 is 2.90 bits per heavy atom. The number of amides is 2. The number of primary amides is 1. The highest BCUT2D eigenvalue weighted by atomic mass is 16.5. The molecule has 10 heteroatoms. The number of carbonyl (C=O) groups is 2. The van der Waals surface area contributed by atoms with E-state index in [2.05, 4.69) is 25.9 Å². The molecule has 1 aromatic carbocycles. The van der Waals surface area contributed by atoms with Gasteiger partial charge in [0.15, 0.2) is 17.0 Å². The summed E-state index contributed by atoms with van der Waals surface area (Å²) < 4.78 is 11.2. The van der Waals surface area contributed by atoms with Crippen molar-refractivity contribution in [1.82, 2.24) is 9.97 Å². The lowest BCUT2D eigenvalue weighted by atomic mass is 10.1. The van der Waals surface area contributed by atoms with Crippen molar-refractivity contribution in [2.24, 2.45) is 5.73 Å². The number of fused-ring (bicyclic) bond motifs is 2. The molecule has 2 amide bonds. The molecule has 0 spiro atoms. The lowest BCUT2D eigenvalue weighted by molar-refractivity contribution is -0.129.